The topological polar surface area (TPSA) is 69.5 Å². The van der Waals surface area contributed by atoms with Crippen molar-refractivity contribution in [2.24, 2.45) is 0 Å². The molecular formula is C20H21BrN4O3. The molecule has 0 N–H and O–H groups in total. The Labute approximate surface area is 172 Å². The molecule has 1 amide bonds. The molecule has 0 saturated heterocycles. The Hall–Kier alpha value is -2.87. The number of aromatic nitrogens is 3. The standard InChI is InChI=1S/C20H21BrN4O3/c1-13(14-5-7-16(8-6-14)25-12-22-11-23-25)24(2)20(26)15-9-17(27-3)19(21)18(10-15)28-4/h5-13H,1-4H3/t13-/m1/s1. The number of carbonyl (C=O) groups excluding carboxylic acids is 1. The third-order valence-electron chi connectivity index (χ3n) is 4.65. The maximum Gasteiger partial charge on any atom is 0.254 e. The molecule has 3 rings (SSSR count). The van der Waals surface area contributed by atoms with Gasteiger partial charge in [0.2, 0.25) is 0 Å². The highest BCUT2D eigenvalue weighted by atomic mass is 79.9. The minimum absolute atomic E-state index is 0.127. The van der Waals surface area contributed by atoms with Crippen LogP contribution in [0.2, 0.25) is 0 Å². The first kappa shape index (κ1) is 19.9. The van der Waals surface area contributed by atoms with E-state index in [1.165, 1.54) is 6.33 Å². The first-order valence-corrected chi connectivity index (χ1v) is 9.39. The Morgan fingerprint density at radius 3 is 2.25 bits per heavy atom. The van der Waals surface area contributed by atoms with Crippen LogP contribution in [0.5, 0.6) is 11.5 Å². The smallest absolute Gasteiger partial charge is 0.254 e. The lowest BCUT2D eigenvalue weighted by molar-refractivity contribution is 0.0742. The van der Waals surface area contributed by atoms with Crippen LogP contribution in [-0.4, -0.2) is 46.8 Å². The van der Waals surface area contributed by atoms with E-state index in [9.17, 15) is 4.79 Å². The zero-order valence-electron chi connectivity index (χ0n) is 16.1. The second-order valence-corrected chi connectivity index (χ2v) is 7.01. The van der Waals surface area contributed by atoms with Crippen molar-refractivity contribution in [2.75, 3.05) is 21.3 Å². The molecular weight excluding hydrogens is 424 g/mol. The third kappa shape index (κ3) is 3.87. The highest BCUT2D eigenvalue weighted by Crippen LogP contribution is 2.36. The lowest BCUT2D eigenvalue weighted by Gasteiger charge is -2.26. The highest BCUT2D eigenvalue weighted by Gasteiger charge is 2.22. The normalized spacial score (nSPS) is 11.8. The number of benzene rings is 2. The Bertz CT molecular complexity index is 933. The first-order chi connectivity index (χ1) is 13.5. The van der Waals surface area contributed by atoms with Gasteiger partial charge in [0.05, 0.1) is 25.9 Å². The van der Waals surface area contributed by atoms with Crippen molar-refractivity contribution in [3.8, 4) is 17.2 Å². The van der Waals surface area contributed by atoms with Crippen LogP contribution in [0.1, 0.15) is 28.9 Å². The van der Waals surface area contributed by atoms with E-state index >= 15 is 0 Å². The predicted octanol–water partition coefficient (Wildman–Crippen LogP) is 3.88. The van der Waals surface area contributed by atoms with Gasteiger partial charge in [-0.15, -0.1) is 0 Å². The van der Waals surface area contributed by atoms with Crippen molar-refractivity contribution in [1.82, 2.24) is 19.7 Å². The molecule has 8 heteroatoms. The molecule has 1 aromatic heterocycles. The summed E-state index contributed by atoms with van der Waals surface area (Å²) >= 11 is 3.42. The SMILES string of the molecule is COc1cc(C(=O)N(C)[C@H](C)c2ccc(-n3cncn3)cc2)cc(OC)c1Br. The zero-order chi connectivity index (χ0) is 20.3. The van der Waals surface area contributed by atoms with Crippen molar-refractivity contribution in [1.29, 1.82) is 0 Å². The molecule has 0 spiro atoms. The maximum atomic E-state index is 13.0. The van der Waals surface area contributed by atoms with Gasteiger partial charge >= 0.3 is 0 Å². The molecule has 28 heavy (non-hydrogen) atoms. The van der Waals surface area contributed by atoms with Gasteiger partial charge in [-0.25, -0.2) is 9.67 Å². The van der Waals surface area contributed by atoms with Crippen LogP contribution in [0.15, 0.2) is 53.5 Å². The van der Waals surface area contributed by atoms with Gasteiger partial charge < -0.3 is 14.4 Å². The van der Waals surface area contributed by atoms with E-state index in [2.05, 4.69) is 26.0 Å². The molecule has 0 aliphatic carbocycles. The fraction of sp³-hybridized carbons (Fsp3) is 0.250. The summed E-state index contributed by atoms with van der Waals surface area (Å²) in [6, 6.07) is 11.1. The van der Waals surface area contributed by atoms with Crippen molar-refractivity contribution in [3.05, 3.63) is 64.7 Å². The quantitative estimate of drug-likeness (QED) is 0.576. The molecule has 3 aromatic rings. The van der Waals surface area contributed by atoms with Crippen LogP contribution in [-0.2, 0) is 0 Å². The van der Waals surface area contributed by atoms with Gasteiger partial charge in [-0.1, -0.05) is 12.1 Å². The number of rotatable bonds is 6. The predicted molar refractivity (Wildman–Crippen MR) is 109 cm³/mol. The van der Waals surface area contributed by atoms with E-state index in [4.69, 9.17) is 9.47 Å². The molecule has 2 aromatic carbocycles. The molecule has 1 heterocycles. The Kier molecular flexibility index (Phi) is 5.99. The average molecular weight is 445 g/mol. The third-order valence-corrected chi connectivity index (χ3v) is 5.43. The van der Waals surface area contributed by atoms with E-state index in [1.807, 2.05) is 31.2 Å². The van der Waals surface area contributed by atoms with E-state index in [1.54, 1.807) is 49.3 Å². The van der Waals surface area contributed by atoms with E-state index in [0.717, 1.165) is 11.3 Å². The molecule has 0 saturated carbocycles. The summed E-state index contributed by atoms with van der Waals surface area (Å²) in [7, 11) is 4.88. The van der Waals surface area contributed by atoms with Crippen LogP contribution in [0.3, 0.4) is 0 Å². The minimum atomic E-state index is -0.128. The molecule has 0 aliphatic heterocycles. The van der Waals surface area contributed by atoms with Crippen LogP contribution in [0.25, 0.3) is 5.69 Å². The second kappa shape index (κ2) is 8.43. The number of amides is 1. The van der Waals surface area contributed by atoms with E-state index < -0.39 is 0 Å². The van der Waals surface area contributed by atoms with Crippen LogP contribution < -0.4 is 9.47 Å². The number of hydrogen-bond acceptors (Lipinski definition) is 5. The van der Waals surface area contributed by atoms with Crippen LogP contribution >= 0.6 is 15.9 Å². The van der Waals surface area contributed by atoms with Gasteiger partial charge in [-0.3, -0.25) is 4.79 Å². The molecule has 0 radical (unpaired) electrons. The van der Waals surface area contributed by atoms with Crippen LogP contribution in [0.4, 0.5) is 0 Å². The largest absolute Gasteiger partial charge is 0.495 e. The first-order valence-electron chi connectivity index (χ1n) is 8.60. The summed E-state index contributed by atoms with van der Waals surface area (Å²) < 4.78 is 13.0. The molecule has 7 nitrogen and oxygen atoms in total. The van der Waals surface area contributed by atoms with Crippen molar-refractivity contribution >= 4 is 21.8 Å². The van der Waals surface area contributed by atoms with Gasteiger partial charge in [0, 0.05) is 12.6 Å². The number of carbonyl (C=O) groups is 1. The lowest BCUT2D eigenvalue weighted by Crippen LogP contribution is -2.29. The summed E-state index contributed by atoms with van der Waals surface area (Å²) in [6.07, 6.45) is 3.13. The monoisotopic (exact) mass is 444 g/mol. The van der Waals surface area contributed by atoms with E-state index in [0.29, 0.717) is 21.5 Å². The van der Waals surface area contributed by atoms with Gasteiger partial charge in [0.1, 0.15) is 28.6 Å². The second-order valence-electron chi connectivity index (χ2n) is 6.22. The number of methoxy groups -OCH3 is 2. The summed E-state index contributed by atoms with van der Waals surface area (Å²) in [6.45, 7) is 1.98. The lowest BCUT2D eigenvalue weighted by atomic mass is 10.1. The number of hydrogen-bond donors (Lipinski definition) is 0. The Morgan fingerprint density at radius 2 is 1.75 bits per heavy atom. The highest BCUT2D eigenvalue weighted by molar-refractivity contribution is 9.10. The summed E-state index contributed by atoms with van der Waals surface area (Å²) in [4.78, 5) is 18.7. The minimum Gasteiger partial charge on any atom is -0.495 e. The van der Waals surface area contributed by atoms with Gasteiger partial charge in [0.25, 0.3) is 5.91 Å². The number of halogens is 1. The molecule has 0 bridgehead atoms. The summed E-state index contributed by atoms with van der Waals surface area (Å²) in [5, 5.41) is 4.12. The number of nitrogens with zero attached hydrogens (tertiary/aromatic N) is 4. The van der Waals surface area contributed by atoms with Crippen molar-refractivity contribution in [2.45, 2.75) is 13.0 Å². The molecule has 0 aliphatic rings. The van der Waals surface area contributed by atoms with Crippen molar-refractivity contribution in [3.63, 3.8) is 0 Å². The van der Waals surface area contributed by atoms with Crippen molar-refractivity contribution < 1.29 is 14.3 Å². The molecule has 1 atom stereocenters. The van der Waals surface area contributed by atoms with Gasteiger partial charge in [0.15, 0.2) is 0 Å². The fourth-order valence-corrected chi connectivity index (χ4v) is 3.40. The van der Waals surface area contributed by atoms with Crippen LogP contribution in [0, 0.1) is 0 Å². The Balaban J connectivity index is 1.83. The van der Waals surface area contributed by atoms with E-state index in [-0.39, 0.29) is 11.9 Å². The molecule has 0 unspecified atom stereocenters. The molecule has 146 valence electrons. The maximum absolute atomic E-state index is 13.0. The summed E-state index contributed by atoms with van der Waals surface area (Å²) in [5.74, 6) is 0.957. The Morgan fingerprint density at radius 1 is 1.14 bits per heavy atom. The number of ether oxygens (including phenoxy) is 2. The fourth-order valence-electron chi connectivity index (χ4n) is 2.84. The van der Waals surface area contributed by atoms with Gasteiger partial charge in [-0.2, -0.15) is 5.10 Å². The zero-order valence-corrected chi connectivity index (χ0v) is 17.7. The van der Waals surface area contributed by atoms with Gasteiger partial charge in [-0.05, 0) is 52.7 Å². The summed E-state index contributed by atoms with van der Waals surface area (Å²) in [5.41, 5.74) is 2.41. The molecule has 0 fully saturated rings. The average Bonchev–Trinajstić information content (AvgIpc) is 3.27.